The first-order valence-electron chi connectivity index (χ1n) is 8.57. The zero-order valence-corrected chi connectivity index (χ0v) is 15.0. The smallest absolute Gasteiger partial charge is 0.316 e. The number of nitrogens with one attached hydrogen (secondary N) is 1. The minimum atomic E-state index is -0.321. The van der Waals surface area contributed by atoms with E-state index in [1.54, 1.807) is 16.8 Å². The molecule has 1 saturated carbocycles. The molecule has 1 aliphatic carbocycles. The summed E-state index contributed by atoms with van der Waals surface area (Å²) in [5, 5.41) is 12.0. The Morgan fingerprint density at radius 1 is 1.27 bits per heavy atom. The van der Waals surface area contributed by atoms with E-state index in [-0.39, 0.29) is 17.8 Å². The van der Waals surface area contributed by atoms with Crippen molar-refractivity contribution >= 4 is 17.5 Å². The van der Waals surface area contributed by atoms with E-state index in [0.29, 0.717) is 16.4 Å². The van der Waals surface area contributed by atoms with Crippen LogP contribution in [0.25, 0.3) is 17.1 Å². The monoisotopic (exact) mass is 371 g/mol. The second kappa shape index (κ2) is 6.92. The number of halogens is 1. The Bertz CT molecular complexity index is 925. The highest BCUT2D eigenvalue weighted by molar-refractivity contribution is 6.30. The molecule has 0 unspecified atom stereocenters. The van der Waals surface area contributed by atoms with E-state index in [1.165, 1.54) is 0 Å². The molecule has 1 aliphatic rings. The fraction of sp³-hybridized carbons (Fsp3) is 0.333. The lowest BCUT2D eigenvalue weighted by molar-refractivity contribution is 0.0893. The van der Waals surface area contributed by atoms with Gasteiger partial charge in [-0.1, -0.05) is 29.6 Å². The molecule has 3 aromatic rings. The van der Waals surface area contributed by atoms with Crippen molar-refractivity contribution in [2.75, 3.05) is 0 Å². The highest BCUT2D eigenvalue weighted by Gasteiger charge is 2.23. The van der Waals surface area contributed by atoms with E-state index >= 15 is 0 Å². The van der Waals surface area contributed by atoms with Crippen LogP contribution in [0.15, 0.2) is 35.0 Å². The molecule has 1 fully saturated rings. The van der Waals surface area contributed by atoms with Gasteiger partial charge in [0.2, 0.25) is 5.82 Å². The molecule has 7 nitrogen and oxygen atoms in total. The highest BCUT2D eigenvalue weighted by Crippen LogP contribution is 2.23. The first-order chi connectivity index (χ1) is 12.6. The summed E-state index contributed by atoms with van der Waals surface area (Å²) in [6.07, 6.45) is 6.09. The van der Waals surface area contributed by atoms with Crippen LogP contribution in [0.5, 0.6) is 0 Å². The maximum absolute atomic E-state index is 12.2. The Morgan fingerprint density at radius 2 is 2.00 bits per heavy atom. The maximum atomic E-state index is 12.2. The Morgan fingerprint density at radius 3 is 2.73 bits per heavy atom. The minimum Gasteiger partial charge on any atom is -0.345 e. The third kappa shape index (κ3) is 3.35. The number of aryl methyl sites for hydroxylation is 1. The van der Waals surface area contributed by atoms with Crippen molar-refractivity contribution < 1.29 is 9.32 Å². The molecule has 8 heteroatoms. The van der Waals surface area contributed by atoms with Crippen molar-refractivity contribution in [3.8, 4) is 17.1 Å². The van der Waals surface area contributed by atoms with Crippen LogP contribution in [0.4, 0.5) is 0 Å². The molecular weight excluding hydrogens is 354 g/mol. The summed E-state index contributed by atoms with van der Waals surface area (Å²) in [4.78, 5) is 16.5. The minimum absolute atomic E-state index is 0.0226. The molecule has 0 spiro atoms. The van der Waals surface area contributed by atoms with Gasteiger partial charge in [0.1, 0.15) is 0 Å². The van der Waals surface area contributed by atoms with E-state index in [4.69, 9.17) is 16.1 Å². The highest BCUT2D eigenvalue weighted by atomic mass is 35.5. The third-order valence-corrected chi connectivity index (χ3v) is 4.79. The standard InChI is InChI=1S/C18H18ClN5O2/c1-11-15(10-24(22-11)14-8-6-12(19)7-9-14)16-21-18(26-23-16)17(25)20-13-4-2-3-5-13/h6-10,13H,2-5H2,1H3,(H,20,25). The number of carbonyl (C=O) groups excluding carboxylic acids is 1. The van der Waals surface area contributed by atoms with Crippen molar-refractivity contribution in [1.82, 2.24) is 25.2 Å². The van der Waals surface area contributed by atoms with Gasteiger partial charge in [0.15, 0.2) is 0 Å². The van der Waals surface area contributed by atoms with Crippen LogP contribution in [-0.2, 0) is 0 Å². The molecule has 134 valence electrons. The van der Waals surface area contributed by atoms with Gasteiger partial charge in [0.05, 0.1) is 16.9 Å². The van der Waals surface area contributed by atoms with Crippen LogP contribution < -0.4 is 5.32 Å². The van der Waals surface area contributed by atoms with Crippen molar-refractivity contribution in [3.63, 3.8) is 0 Å². The maximum Gasteiger partial charge on any atom is 0.316 e. The van der Waals surface area contributed by atoms with E-state index in [0.717, 1.165) is 37.1 Å². The number of carbonyl (C=O) groups is 1. The fourth-order valence-corrected chi connectivity index (χ4v) is 3.27. The van der Waals surface area contributed by atoms with Gasteiger partial charge in [0.25, 0.3) is 0 Å². The third-order valence-electron chi connectivity index (χ3n) is 4.54. The largest absolute Gasteiger partial charge is 0.345 e. The molecule has 26 heavy (non-hydrogen) atoms. The second-order valence-corrected chi connectivity index (χ2v) is 6.86. The molecule has 2 heterocycles. The van der Waals surface area contributed by atoms with Gasteiger partial charge < -0.3 is 9.84 Å². The van der Waals surface area contributed by atoms with Gasteiger partial charge in [-0.15, -0.1) is 0 Å². The first-order valence-corrected chi connectivity index (χ1v) is 8.95. The van der Waals surface area contributed by atoms with E-state index in [9.17, 15) is 4.79 Å². The molecule has 4 rings (SSSR count). The van der Waals surface area contributed by atoms with E-state index in [2.05, 4.69) is 20.6 Å². The average molecular weight is 372 g/mol. The van der Waals surface area contributed by atoms with Gasteiger partial charge in [-0.3, -0.25) is 4.79 Å². The summed E-state index contributed by atoms with van der Waals surface area (Å²) >= 11 is 5.92. The van der Waals surface area contributed by atoms with Crippen LogP contribution in [0.3, 0.4) is 0 Å². The molecule has 2 aromatic heterocycles. The van der Waals surface area contributed by atoms with Crippen LogP contribution in [0.1, 0.15) is 42.1 Å². The quantitative estimate of drug-likeness (QED) is 0.757. The van der Waals surface area contributed by atoms with Crippen molar-refractivity contribution in [2.24, 2.45) is 0 Å². The molecule has 0 saturated heterocycles. The fourth-order valence-electron chi connectivity index (χ4n) is 3.15. The van der Waals surface area contributed by atoms with Crippen LogP contribution in [0.2, 0.25) is 5.02 Å². The van der Waals surface area contributed by atoms with E-state index < -0.39 is 0 Å². The number of nitrogens with zero attached hydrogens (tertiary/aromatic N) is 4. The number of rotatable bonds is 4. The molecule has 1 aromatic carbocycles. The number of hydrogen-bond donors (Lipinski definition) is 1. The Labute approximate surface area is 155 Å². The predicted octanol–water partition coefficient (Wildman–Crippen LogP) is 3.56. The van der Waals surface area contributed by atoms with Gasteiger partial charge in [0, 0.05) is 17.3 Å². The number of hydrogen-bond acceptors (Lipinski definition) is 5. The second-order valence-electron chi connectivity index (χ2n) is 6.43. The van der Waals surface area contributed by atoms with Crippen LogP contribution >= 0.6 is 11.6 Å². The summed E-state index contributed by atoms with van der Waals surface area (Å²) in [6.45, 7) is 1.86. The molecule has 1 amide bonds. The predicted molar refractivity (Wildman–Crippen MR) is 96.3 cm³/mol. The number of amides is 1. The molecular formula is C18H18ClN5O2. The molecule has 1 N–H and O–H groups in total. The Kier molecular flexibility index (Phi) is 4.46. The number of benzene rings is 1. The normalized spacial score (nSPS) is 14.7. The first kappa shape index (κ1) is 16.8. The lowest BCUT2D eigenvalue weighted by Gasteiger charge is -2.08. The molecule has 0 aliphatic heterocycles. The lowest BCUT2D eigenvalue weighted by atomic mass is 10.2. The van der Waals surface area contributed by atoms with Crippen LogP contribution in [-0.4, -0.2) is 31.9 Å². The summed E-state index contributed by atoms with van der Waals surface area (Å²) in [5.41, 5.74) is 2.32. The topological polar surface area (TPSA) is 85.8 Å². The molecule has 0 atom stereocenters. The van der Waals surface area contributed by atoms with E-state index in [1.807, 2.05) is 25.3 Å². The Hall–Kier alpha value is -2.67. The summed E-state index contributed by atoms with van der Waals surface area (Å²) in [5.74, 6) is 0.00299. The zero-order valence-electron chi connectivity index (χ0n) is 14.3. The van der Waals surface area contributed by atoms with Gasteiger partial charge in [-0.2, -0.15) is 10.1 Å². The van der Waals surface area contributed by atoms with Gasteiger partial charge >= 0.3 is 11.8 Å². The summed E-state index contributed by atoms with van der Waals surface area (Å²) in [6, 6.07) is 7.54. The van der Waals surface area contributed by atoms with Crippen molar-refractivity contribution in [1.29, 1.82) is 0 Å². The van der Waals surface area contributed by atoms with Gasteiger partial charge in [-0.25, -0.2) is 4.68 Å². The number of aromatic nitrogens is 4. The Balaban J connectivity index is 1.55. The van der Waals surface area contributed by atoms with Crippen LogP contribution in [0, 0.1) is 6.92 Å². The average Bonchev–Trinajstić information content (AvgIpc) is 3.36. The lowest BCUT2D eigenvalue weighted by Crippen LogP contribution is -2.32. The zero-order chi connectivity index (χ0) is 18.1. The summed E-state index contributed by atoms with van der Waals surface area (Å²) < 4.78 is 6.87. The van der Waals surface area contributed by atoms with Crippen molar-refractivity contribution in [3.05, 3.63) is 47.1 Å². The SMILES string of the molecule is Cc1nn(-c2ccc(Cl)cc2)cc1-c1noc(C(=O)NC2CCCC2)n1. The molecule has 0 radical (unpaired) electrons. The van der Waals surface area contributed by atoms with Gasteiger partial charge in [-0.05, 0) is 44.0 Å². The summed E-state index contributed by atoms with van der Waals surface area (Å²) in [7, 11) is 0. The molecule has 0 bridgehead atoms. The van der Waals surface area contributed by atoms with Crippen molar-refractivity contribution in [2.45, 2.75) is 38.6 Å².